The molecule has 0 amide bonds. The van der Waals surface area contributed by atoms with Crippen LogP contribution in [0.1, 0.15) is 11.1 Å². The Bertz CT molecular complexity index is 367. The van der Waals surface area contributed by atoms with Crippen molar-refractivity contribution >= 4 is 88.9 Å². The molecule has 0 nitrogen and oxygen atoms in total. The fourth-order valence-corrected chi connectivity index (χ4v) is 8.17. The van der Waals surface area contributed by atoms with Gasteiger partial charge in [-0.25, -0.2) is 0 Å². The average Bonchev–Trinajstić information content (AvgIpc) is 2.05. The maximum absolute atomic E-state index is 6.01. The number of benzene rings is 1. The molecule has 0 N–H and O–H groups in total. The SMILES string of the molecule is Cc1cc([Si](Cl)(Cl)Cl)c([Si](Cl)(Cl)Cl)cc1C. The molecule has 0 aliphatic heterocycles. The van der Waals surface area contributed by atoms with E-state index < -0.39 is 12.0 Å². The second-order valence-electron chi connectivity index (χ2n) is 3.48. The minimum Gasteiger partial charge on any atom is -0.121 e. The molecule has 0 aromatic heterocycles. The van der Waals surface area contributed by atoms with E-state index in [4.69, 9.17) is 66.5 Å². The summed E-state index contributed by atoms with van der Waals surface area (Å²) < 4.78 is 0. The normalized spacial score (nSPS) is 13.0. The van der Waals surface area contributed by atoms with Gasteiger partial charge in [0.2, 0.25) is 0 Å². The Morgan fingerprint density at radius 1 is 0.688 bits per heavy atom. The molecule has 1 aromatic rings. The van der Waals surface area contributed by atoms with E-state index in [0.717, 1.165) is 11.1 Å². The summed E-state index contributed by atoms with van der Waals surface area (Å²) in [4.78, 5) is 0. The molecule has 0 aliphatic rings. The van der Waals surface area contributed by atoms with Gasteiger partial charge in [-0.1, -0.05) is 12.1 Å². The maximum Gasteiger partial charge on any atom is 0.372 e. The Hall–Kier alpha value is 1.39. The van der Waals surface area contributed by atoms with E-state index in [0.29, 0.717) is 10.4 Å². The molecule has 0 saturated carbocycles. The van der Waals surface area contributed by atoms with Crippen LogP contribution in [0.3, 0.4) is 0 Å². The summed E-state index contributed by atoms with van der Waals surface area (Å²) >= 11 is 36.1. The van der Waals surface area contributed by atoms with Gasteiger partial charge in [-0.2, -0.15) is 0 Å². The molecule has 0 unspecified atom stereocenters. The highest BCUT2D eigenvalue weighted by Gasteiger charge is 2.39. The largest absolute Gasteiger partial charge is 0.372 e. The molecule has 1 aromatic carbocycles. The lowest BCUT2D eigenvalue weighted by Gasteiger charge is -2.20. The maximum atomic E-state index is 6.01. The van der Waals surface area contributed by atoms with Gasteiger partial charge in [0.1, 0.15) is 0 Å². The predicted molar refractivity (Wildman–Crippen MR) is 81.8 cm³/mol. The summed E-state index contributed by atoms with van der Waals surface area (Å²) in [5, 5.41) is 1.18. The third kappa shape index (κ3) is 3.69. The zero-order chi connectivity index (χ0) is 12.7. The second kappa shape index (κ2) is 5.18. The topological polar surface area (TPSA) is 0 Å². The molecule has 0 atom stereocenters. The lowest BCUT2D eigenvalue weighted by molar-refractivity contribution is 1.36. The second-order valence-corrected chi connectivity index (χ2v) is 20.2. The van der Waals surface area contributed by atoms with Crippen LogP contribution in [0.15, 0.2) is 12.1 Å². The van der Waals surface area contributed by atoms with Crippen LogP contribution < -0.4 is 10.4 Å². The standard InChI is InChI=1S/C8H8Cl6Si2/c1-5-3-7(15(9,10)11)8(4-6(5)2)16(12,13)14/h3-4H,1-2H3. The van der Waals surface area contributed by atoms with Crippen molar-refractivity contribution in [2.24, 2.45) is 0 Å². The van der Waals surface area contributed by atoms with Crippen molar-refractivity contribution in [2.45, 2.75) is 13.8 Å². The molecule has 8 heteroatoms. The Morgan fingerprint density at radius 3 is 1.12 bits per heavy atom. The molecule has 1 rings (SSSR count). The number of halogens is 6. The fraction of sp³-hybridized carbons (Fsp3) is 0.250. The molecule has 0 saturated heterocycles. The van der Waals surface area contributed by atoms with E-state index in [9.17, 15) is 0 Å². The molecule has 90 valence electrons. The van der Waals surface area contributed by atoms with Crippen molar-refractivity contribution < 1.29 is 0 Å². The number of hydrogen-bond donors (Lipinski definition) is 0. The van der Waals surface area contributed by atoms with Crippen LogP contribution in [-0.4, -0.2) is 12.0 Å². The third-order valence-corrected chi connectivity index (χ3v) is 8.21. The molecule has 0 heterocycles. The Kier molecular flexibility index (Phi) is 5.00. The van der Waals surface area contributed by atoms with Gasteiger partial charge in [-0.15, -0.1) is 66.5 Å². The van der Waals surface area contributed by atoms with Gasteiger partial charge in [0.05, 0.1) is 0 Å². The number of aryl methyl sites for hydroxylation is 2. The summed E-state index contributed by atoms with van der Waals surface area (Å²) in [7, 11) is 0. The highest BCUT2D eigenvalue weighted by molar-refractivity contribution is 7.73. The number of hydrogen-bond acceptors (Lipinski definition) is 0. The van der Waals surface area contributed by atoms with Crippen molar-refractivity contribution in [1.29, 1.82) is 0 Å². The van der Waals surface area contributed by atoms with Crippen molar-refractivity contribution in [3.8, 4) is 0 Å². The van der Waals surface area contributed by atoms with Crippen LogP contribution >= 0.6 is 66.5 Å². The average molecular weight is 373 g/mol. The summed E-state index contributed by atoms with van der Waals surface area (Å²) in [6.07, 6.45) is 0. The summed E-state index contributed by atoms with van der Waals surface area (Å²) in [5.41, 5.74) is 2.06. The molecular weight excluding hydrogens is 365 g/mol. The minimum atomic E-state index is -3.04. The van der Waals surface area contributed by atoms with Crippen LogP contribution in [-0.2, 0) is 0 Å². The Labute approximate surface area is 125 Å². The van der Waals surface area contributed by atoms with E-state index in [1.807, 2.05) is 26.0 Å². The first-order valence-electron chi connectivity index (χ1n) is 4.29. The number of rotatable bonds is 2. The molecular formula is C8H8Cl6Si2. The van der Waals surface area contributed by atoms with E-state index in [1.54, 1.807) is 0 Å². The van der Waals surface area contributed by atoms with Crippen molar-refractivity contribution in [3.05, 3.63) is 23.3 Å². The van der Waals surface area contributed by atoms with Gasteiger partial charge in [-0.3, -0.25) is 0 Å². The Morgan fingerprint density at radius 2 is 0.938 bits per heavy atom. The van der Waals surface area contributed by atoms with Crippen LogP contribution in [0.4, 0.5) is 0 Å². The van der Waals surface area contributed by atoms with E-state index in [1.165, 1.54) is 0 Å². The molecule has 0 aliphatic carbocycles. The summed E-state index contributed by atoms with van der Waals surface area (Å²) in [5.74, 6) is 0. The smallest absolute Gasteiger partial charge is 0.121 e. The molecule has 0 radical (unpaired) electrons. The van der Waals surface area contributed by atoms with Gasteiger partial charge < -0.3 is 0 Å². The molecule has 0 bridgehead atoms. The van der Waals surface area contributed by atoms with Crippen molar-refractivity contribution in [3.63, 3.8) is 0 Å². The summed E-state index contributed by atoms with van der Waals surface area (Å²) in [6, 6.07) is -2.45. The first kappa shape index (κ1) is 15.5. The van der Waals surface area contributed by atoms with Crippen LogP contribution in [0.25, 0.3) is 0 Å². The van der Waals surface area contributed by atoms with Gasteiger partial charge >= 0.3 is 12.0 Å². The van der Waals surface area contributed by atoms with Crippen molar-refractivity contribution in [2.75, 3.05) is 0 Å². The van der Waals surface area contributed by atoms with E-state index in [2.05, 4.69) is 0 Å². The third-order valence-electron chi connectivity index (χ3n) is 2.24. The van der Waals surface area contributed by atoms with E-state index >= 15 is 0 Å². The highest BCUT2D eigenvalue weighted by Crippen LogP contribution is 2.25. The quantitative estimate of drug-likeness (QED) is 0.543. The lowest BCUT2D eigenvalue weighted by Crippen LogP contribution is -2.50. The van der Waals surface area contributed by atoms with Crippen molar-refractivity contribution in [1.82, 2.24) is 0 Å². The summed E-state index contributed by atoms with van der Waals surface area (Å²) in [6.45, 7) is 3.88. The van der Waals surface area contributed by atoms with Gasteiger partial charge in [-0.05, 0) is 35.3 Å². The minimum absolute atomic E-state index is 0.590. The molecule has 0 fully saturated rings. The monoisotopic (exact) mass is 370 g/mol. The van der Waals surface area contributed by atoms with Crippen LogP contribution in [0.2, 0.25) is 0 Å². The lowest BCUT2D eigenvalue weighted by atomic mass is 10.1. The fourth-order valence-electron chi connectivity index (χ4n) is 1.29. The molecule has 16 heavy (non-hydrogen) atoms. The molecule has 0 spiro atoms. The first-order chi connectivity index (χ1) is 7.03. The first-order valence-corrected chi connectivity index (χ1v) is 14.4. The highest BCUT2D eigenvalue weighted by atomic mass is 35.8. The van der Waals surface area contributed by atoms with Gasteiger partial charge in [0, 0.05) is 0 Å². The Balaban J connectivity index is 3.53. The van der Waals surface area contributed by atoms with Crippen LogP contribution in [0.5, 0.6) is 0 Å². The zero-order valence-corrected chi connectivity index (χ0v) is 15.0. The van der Waals surface area contributed by atoms with Gasteiger partial charge in [0.25, 0.3) is 0 Å². The van der Waals surface area contributed by atoms with E-state index in [-0.39, 0.29) is 0 Å². The zero-order valence-electron chi connectivity index (χ0n) is 8.42. The van der Waals surface area contributed by atoms with Crippen LogP contribution in [0, 0.1) is 13.8 Å². The van der Waals surface area contributed by atoms with Gasteiger partial charge in [0.15, 0.2) is 0 Å². The predicted octanol–water partition coefficient (Wildman–Crippen LogP) is 4.03.